The summed E-state index contributed by atoms with van der Waals surface area (Å²) in [4.78, 5) is 24.0. The topological polar surface area (TPSA) is 65.3 Å². The number of aryl methyl sites for hydroxylation is 2. The average Bonchev–Trinajstić information content (AvgIpc) is 3.08. The Kier molecular flexibility index (Phi) is 3.25. The van der Waals surface area contributed by atoms with Gasteiger partial charge in [-0.3, -0.25) is 9.36 Å². The molecule has 108 valence electrons. The third kappa shape index (κ3) is 2.20. The van der Waals surface area contributed by atoms with Crippen molar-refractivity contribution in [2.24, 2.45) is 0 Å². The van der Waals surface area contributed by atoms with Gasteiger partial charge >= 0.3 is 5.76 Å². The molecule has 0 saturated heterocycles. The molecule has 0 N–H and O–H groups in total. The number of furan rings is 1. The summed E-state index contributed by atoms with van der Waals surface area (Å²) in [7, 11) is 0. The number of aromatic nitrogens is 1. The summed E-state index contributed by atoms with van der Waals surface area (Å²) in [5.74, 6) is 0.429. The number of hydrogen-bond donors (Lipinski definition) is 0. The molecule has 0 bridgehead atoms. The number of rotatable bonds is 4. The van der Waals surface area contributed by atoms with Crippen LogP contribution in [-0.4, -0.2) is 10.4 Å². The highest BCUT2D eigenvalue weighted by atomic mass is 16.4. The summed E-state index contributed by atoms with van der Waals surface area (Å²) in [5, 5.41) is 0. The molecule has 3 rings (SSSR count). The molecule has 1 aromatic carbocycles. The van der Waals surface area contributed by atoms with Crippen molar-refractivity contribution >= 4 is 16.9 Å². The molecule has 0 aliphatic carbocycles. The van der Waals surface area contributed by atoms with Crippen molar-refractivity contribution in [3.63, 3.8) is 0 Å². The Morgan fingerprint density at radius 3 is 2.62 bits per heavy atom. The maximum atomic E-state index is 12.4. The quantitative estimate of drug-likeness (QED) is 0.691. The molecule has 0 aliphatic rings. The van der Waals surface area contributed by atoms with Crippen molar-refractivity contribution in [2.75, 3.05) is 0 Å². The molecular weight excluding hydrogens is 270 g/mol. The lowest BCUT2D eigenvalue weighted by molar-refractivity contribution is 0.101. The van der Waals surface area contributed by atoms with Crippen LogP contribution in [0.15, 0.2) is 44.0 Å². The van der Waals surface area contributed by atoms with Gasteiger partial charge in [0.1, 0.15) is 5.76 Å². The second-order valence-corrected chi connectivity index (χ2v) is 4.74. The number of carbonyl (C=O) groups is 1. The van der Waals surface area contributed by atoms with Crippen LogP contribution in [0.5, 0.6) is 0 Å². The number of benzene rings is 1. The Bertz CT molecular complexity index is 866. The van der Waals surface area contributed by atoms with Crippen LogP contribution in [0.25, 0.3) is 11.1 Å². The van der Waals surface area contributed by atoms with Crippen molar-refractivity contribution in [3.05, 3.63) is 58.0 Å². The van der Waals surface area contributed by atoms with E-state index in [0.717, 1.165) is 12.2 Å². The van der Waals surface area contributed by atoms with Crippen LogP contribution in [0.1, 0.15) is 35.7 Å². The molecule has 0 amide bonds. The van der Waals surface area contributed by atoms with Crippen molar-refractivity contribution in [2.45, 2.75) is 26.8 Å². The Labute approximate surface area is 120 Å². The molecule has 0 radical (unpaired) electrons. The molecule has 5 nitrogen and oxygen atoms in total. The van der Waals surface area contributed by atoms with Crippen molar-refractivity contribution < 1.29 is 13.6 Å². The van der Waals surface area contributed by atoms with Crippen LogP contribution >= 0.6 is 0 Å². The molecule has 0 spiro atoms. The third-order valence-electron chi connectivity index (χ3n) is 3.48. The van der Waals surface area contributed by atoms with Gasteiger partial charge in [-0.05, 0) is 37.3 Å². The molecule has 21 heavy (non-hydrogen) atoms. The highest BCUT2D eigenvalue weighted by molar-refractivity contribution is 6.08. The summed E-state index contributed by atoms with van der Waals surface area (Å²) in [6, 6.07) is 8.44. The summed E-state index contributed by atoms with van der Waals surface area (Å²) >= 11 is 0. The zero-order valence-corrected chi connectivity index (χ0v) is 11.9. The van der Waals surface area contributed by atoms with Crippen LogP contribution in [0, 0.1) is 0 Å². The first-order valence-electron chi connectivity index (χ1n) is 6.90. The van der Waals surface area contributed by atoms with E-state index in [2.05, 4.69) is 0 Å². The molecule has 5 heteroatoms. The standard InChI is InChI=1S/C16H15NO4/c1-3-11-6-8-13(20-11)15(18)10-5-7-12-14(9-10)21-16(19)17(12)4-2/h5-9H,3-4H2,1-2H3. The van der Waals surface area contributed by atoms with E-state index in [4.69, 9.17) is 8.83 Å². The first-order valence-corrected chi connectivity index (χ1v) is 6.90. The van der Waals surface area contributed by atoms with Crippen molar-refractivity contribution in [1.82, 2.24) is 4.57 Å². The molecule has 0 saturated carbocycles. The van der Waals surface area contributed by atoms with E-state index in [1.807, 2.05) is 13.8 Å². The van der Waals surface area contributed by atoms with Gasteiger partial charge in [0.25, 0.3) is 0 Å². The molecule has 0 fully saturated rings. The molecule has 3 aromatic rings. The minimum atomic E-state index is -0.414. The van der Waals surface area contributed by atoms with E-state index >= 15 is 0 Å². The fourth-order valence-electron chi connectivity index (χ4n) is 2.34. The Morgan fingerprint density at radius 2 is 1.95 bits per heavy atom. The lowest BCUT2D eigenvalue weighted by Crippen LogP contribution is -2.11. The van der Waals surface area contributed by atoms with E-state index in [9.17, 15) is 9.59 Å². The maximum Gasteiger partial charge on any atom is 0.419 e. The van der Waals surface area contributed by atoms with Crippen molar-refractivity contribution in [3.8, 4) is 0 Å². The fourth-order valence-corrected chi connectivity index (χ4v) is 2.34. The smallest absolute Gasteiger partial charge is 0.419 e. The van der Waals surface area contributed by atoms with E-state index in [-0.39, 0.29) is 5.78 Å². The predicted molar refractivity (Wildman–Crippen MR) is 77.7 cm³/mol. The van der Waals surface area contributed by atoms with Gasteiger partial charge in [-0.25, -0.2) is 4.79 Å². The second kappa shape index (κ2) is 5.09. The monoisotopic (exact) mass is 285 g/mol. The highest BCUT2D eigenvalue weighted by Crippen LogP contribution is 2.19. The van der Waals surface area contributed by atoms with Gasteiger partial charge in [0.2, 0.25) is 5.78 Å². The second-order valence-electron chi connectivity index (χ2n) is 4.74. The van der Waals surface area contributed by atoms with Gasteiger partial charge in [-0.2, -0.15) is 0 Å². The number of hydrogen-bond acceptors (Lipinski definition) is 4. The maximum absolute atomic E-state index is 12.4. The minimum absolute atomic E-state index is 0.219. The van der Waals surface area contributed by atoms with Crippen LogP contribution in [0.3, 0.4) is 0 Å². The molecule has 0 aliphatic heterocycles. The SMILES string of the molecule is CCc1ccc(C(=O)c2ccc3c(c2)oc(=O)n3CC)o1. The number of carbonyl (C=O) groups excluding carboxylic acids is 1. The zero-order valence-electron chi connectivity index (χ0n) is 11.9. The van der Waals surface area contributed by atoms with Gasteiger partial charge in [-0.1, -0.05) is 6.92 Å². The fraction of sp³-hybridized carbons (Fsp3) is 0.250. The number of nitrogens with zero attached hydrogens (tertiary/aromatic N) is 1. The highest BCUT2D eigenvalue weighted by Gasteiger charge is 2.16. The Hall–Kier alpha value is -2.56. The first-order chi connectivity index (χ1) is 10.1. The summed E-state index contributed by atoms with van der Waals surface area (Å²) < 4.78 is 12.2. The number of oxazole rings is 1. The first kappa shape index (κ1) is 13.4. The normalized spacial score (nSPS) is 11.1. The number of ketones is 1. The molecule has 2 heterocycles. The molecule has 0 atom stereocenters. The van der Waals surface area contributed by atoms with E-state index in [0.29, 0.717) is 29.0 Å². The molecule has 2 aromatic heterocycles. The largest absolute Gasteiger partial charge is 0.458 e. The summed E-state index contributed by atoms with van der Waals surface area (Å²) in [6.07, 6.45) is 0.737. The van der Waals surface area contributed by atoms with Crippen LogP contribution in [0.4, 0.5) is 0 Å². The van der Waals surface area contributed by atoms with E-state index in [1.54, 1.807) is 30.3 Å². The lowest BCUT2D eigenvalue weighted by atomic mass is 10.1. The Balaban J connectivity index is 2.04. The summed E-state index contributed by atoms with van der Waals surface area (Å²) in [5.41, 5.74) is 1.54. The zero-order chi connectivity index (χ0) is 15.0. The molecule has 0 unspecified atom stereocenters. The third-order valence-corrected chi connectivity index (χ3v) is 3.48. The predicted octanol–water partition coefficient (Wildman–Crippen LogP) is 3.00. The van der Waals surface area contributed by atoms with Gasteiger partial charge in [0.15, 0.2) is 11.3 Å². The van der Waals surface area contributed by atoms with Gasteiger partial charge in [-0.15, -0.1) is 0 Å². The van der Waals surface area contributed by atoms with Gasteiger partial charge in [0, 0.05) is 18.5 Å². The Morgan fingerprint density at radius 1 is 1.14 bits per heavy atom. The molecular formula is C16H15NO4. The van der Waals surface area contributed by atoms with Crippen LogP contribution in [-0.2, 0) is 13.0 Å². The van der Waals surface area contributed by atoms with E-state index in [1.165, 1.54) is 4.57 Å². The number of fused-ring (bicyclic) bond motifs is 1. The van der Waals surface area contributed by atoms with Crippen molar-refractivity contribution in [1.29, 1.82) is 0 Å². The summed E-state index contributed by atoms with van der Waals surface area (Å²) in [6.45, 7) is 4.35. The van der Waals surface area contributed by atoms with Crippen LogP contribution < -0.4 is 5.76 Å². The van der Waals surface area contributed by atoms with Gasteiger partial charge < -0.3 is 8.83 Å². The van der Waals surface area contributed by atoms with Gasteiger partial charge in [0.05, 0.1) is 5.52 Å². The minimum Gasteiger partial charge on any atom is -0.458 e. The average molecular weight is 285 g/mol. The van der Waals surface area contributed by atoms with E-state index < -0.39 is 5.76 Å². The van der Waals surface area contributed by atoms with Crippen LogP contribution in [0.2, 0.25) is 0 Å². The lowest BCUT2D eigenvalue weighted by Gasteiger charge is -1.99.